The molecule has 1 aliphatic rings. The van der Waals surface area contributed by atoms with Crippen LogP contribution >= 0.6 is 0 Å². The fourth-order valence-corrected chi connectivity index (χ4v) is 3.29. The molecular formula is C23H21N3O7. The molecule has 0 amide bonds. The van der Waals surface area contributed by atoms with E-state index in [4.69, 9.17) is 14.2 Å². The minimum Gasteiger partial charge on any atom is -0.453 e. The van der Waals surface area contributed by atoms with Crippen LogP contribution in [0, 0.1) is 0 Å². The van der Waals surface area contributed by atoms with Crippen molar-refractivity contribution in [3.63, 3.8) is 0 Å². The smallest absolute Gasteiger partial charge is 0.346 e. The van der Waals surface area contributed by atoms with Crippen molar-refractivity contribution >= 4 is 17.8 Å². The van der Waals surface area contributed by atoms with Gasteiger partial charge in [-0.3, -0.25) is 4.98 Å². The van der Waals surface area contributed by atoms with Crippen LogP contribution in [0.2, 0.25) is 0 Å². The van der Waals surface area contributed by atoms with Crippen molar-refractivity contribution in [1.29, 1.82) is 0 Å². The largest absolute Gasteiger partial charge is 0.453 e. The third-order valence-electron chi connectivity index (χ3n) is 4.95. The van der Waals surface area contributed by atoms with Crippen LogP contribution in [-0.2, 0) is 14.2 Å². The molecule has 1 saturated heterocycles. The number of aromatic nitrogens is 2. The number of esters is 2. The van der Waals surface area contributed by atoms with E-state index in [0.717, 1.165) is 0 Å². The summed E-state index contributed by atoms with van der Waals surface area (Å²) in [5, 5.41) is 13.8. The highest BCUT2D eigenvalue weighted by Gasteiger charge is 2.44. The average Bonchev–Trinajstić information content (AvgIpc) is 2.84. The lowest BCUT2D eigenvalue weighted by Gasteiger charge is -2.39. The summed E-state index contributed by atoms with van der Waals surface area (Å²) in [4.78, 5) is 42.7. The van der Waals surface area contributed by atoms with Crippen LogP contribution in [-0.4, -0.2) is 58.2 Å². The number of anilines is 1. The number of H-pyrrole nitrogens is 1. The van der Waals surface area contributed by atoms with E-state index in [0.29, 0.717) is 5.56 Å². The zero-order valence-electron chi connectivity index (χ0n) is 17.3. The number of benzene rings is 2. The van der Waals surface area contributed by atoms with E-state index in [1.165, 1.54) is 12.3 Å². The predicted molar refractivity (Wildman–Crippen MR) is 116 cm³/mol. The van der Waals surface area contributed by atoms with Crippen LogP contribution in [0.25, 0.3) is 0 Å². The van der Waals surface area contributed by atoms with E-state index in [9.17, 15) is 19.5 Å². The summed E-state index contributed by atoms with van der Waals surface area (Å²) in [6.45, 7) is -0.174. The summed E-state index contributed by atoms with van der Waals surface area (Å²) >= 11 is 0. The average molecular weight is 451 g/mol. The van der Waals surface area contributed by atoms with Gasteiger partial charge in [-0.25, -0.2) is 19.4 Å². The maximum Gasteiger partial charge on any atom is 0.346 e. The highest BCUT2D eigenvalue weighted by atomic mass is 16.6. The van der Waals surface area contributed by atoms with Crippen molar-refractivity contribution in [3.05, 3.63) is 94.5 Å². The zero-order chi connectivity index (χ0) is 23.2. The van der Waals surface area contributed by atoms with Gasteiger partial charge in [-0.15, -0.1) is 0 Å². The van der Waals surface area contributed by atoms with Gasteiger partial charge in [-0.2, -0.15) is 0 Å². The molecule has 170 valence electrons. The monoisotopic (exact) mass is 451 g/mol. The summed E-state index contributed by atoms with van der Waals surface area (Å²) in [5.41, 5.74) is -0.0230. The molecule has 0 unspecified atom stereocenters. The first-order valence-electron chi connectivity index (χ1n) is 10.1. The lowest BCUT2D eigenvalue weighted by Crippen LogP contribution is -2.58. The zero-order valence-corrected chi connectivity index (χ0v) is 17.3. The van der Waals surface area contributed by atoms with Gasteiger partial charge in [-0.05, 0) is 30.3 Å². The Morgan fingerprint density at radius 3 is 2.18 bits per heavy atom. The molecule has 0 aliphatic carbocycles. The number of carbonyl (C=O) groups excluding carboxylic acids is 2. The van der Waals surface area contributed by atoms with Gasteiger partial charge >= 0.3 is 17.6 Å². The molecule has 1 aromatic heterocycles. The number of aliphatic hydroxyl groups is 1. The Labute approximate surface area is 188 Å². The van der Waals surface area contributed by atoms with Crippen molar-refractivity contribution in [3.8, 4) is 0 Å². The molecule has 0 bridgehead atoms. The van der Waals surface area contributed by atoms with Gasteiger partial charge in [0.1, 0.15) is 11.9 Å². The third-order valence-corrected chi connectivity index (χ3v) is 4.95. The van der Waals surface area contributed by atoms with Gasteiger partial charge < -0.3 is 24.6 Å². The van der Waals surface area contributed by atoms with E-state index in [-0.39, 0.29) is 18.0 Å². The minimum absolute atomic E-state index is 0.174. The highest BCUT2D eigenvalue weighted by Crippen LogP contribution is 2.24. The molecule has 0 saturated carbocycles. The van der Waals surface area contributed by atoms with Crippen molar-refractivity contribution < 1.29 is 28.9 Å². The molecule has 10 nitrogen and oxygen atoms in total. The van der Waals surface area contributed by atoms with Crippen LogP contribution in [0.4, 0.5) is 5.82 Å². The molecule has 10 heteroatoms. The maximum atomic E-state index is 12.7. The van der Waals surface area contributed by atoms with Crippen LogP contribution < -0.4 is 11.0 Å². The molecule has 3 N–H and O–H groups in total. The minimum atomic E-state index is -1.41. The first-order valence-corrected chi connectivity index (χ1v) is 10.1. The van der Waals surface area contributed by atoms with E-state index in [1.807, 2.05) is 0 Å². The van der Waals surface area contributed by atoms with Crippen LogP contribution in [0.3, 0.4) is 0 Å². The molecule has 33 heavy (non-hydrogen) atoms. The second-order valence-electron chi connectivity index (χ2n) is 7.22. The normalized spacial score (nSPS) is 22.2. The number of aromatic amines is 1. The van der Waals surface area contributed by atoms with Crippen molar-refractivity contribution in [1.82, 2.24) is 9.97 Å². The van der Waals surface area contributed by atoms with Gasteiger partial charge in [0, 0.05) is 6.20 Å². The summed E-state index contributed by atoms with van der Waals surface area (Å²) < 4.78 is 16.7. The molecule has 0 radical (unpaired) electrons. The standard InChI is InChI=1S/C23H21N3O7/c27-18-16(32-21(28)14-7-3-1-4-8-14)13-31-20(25-17-11-12-24-23(30)26-17)19(18)33-22(29)15-9-5-2-6-10-15/h1-12,16,18-20,27H,13H2,(H2,24,25,26,30)/t16-,18-,19-,20-/m1/s1. The van der Waals surface area contributed by atoms with Gasteiger partial charge in [-0.1, -0.05) is 36.4 Å². The van der Waals surface area contributed by atoms with Crippen molar-refractivity contribution in [2.24, 2.45) is 0 Å². The van der Waals surface area contributed by atoms with E-state index in [2.05, 4.69) is 15.3 Å². The third kappa shape index (κ3) is 5.43. The predicted octanol–water partition coefficient (Wildman–Crippen LogP) is 1.35. The van der Waals surface area contributed by atoms with Crippen molar-refractivity contribution in [2.75, 3.05) is 11.9 Å². The number of aliphatic hydroxyl groups excluding tert-OH is 1. The Morgan fingerprint density at radius 2 is 1.58 bits per heavy atom. The number of hydrogen-bond donors (Lipinski definition) is 3. The molecule has 2 aromatic carbocycles. The molecule has 1 fully saturated rings. The van der Waals surface area contributed by atoms with E-state index in [1.54, 1.807) is 60.7 Å². The molecule has 4 atom stereocenters. The van der Waals surface area contributed by atoms with Crippen LogP contribution in [0.5, 0.6) is 0 Å². The maximum absolute atomic E-state index is 12.7. The van der Waals surface area contributed by atoms with Gasteiger partial charge in [0.05, 0.1) is 17.7 Å². The van der Waals surface area contributed by atoms with Crippen LogP contribution in [0.15, 0.2) is 77.7 Å². The molecule has 0 spiro atoms. The summed E-state index contributed by atoms with van der Waals surface area (Å²) in [6.07, 6.45) is -3.53. The first-order chi connectivity index (χ1) is 16.0. The van der Waals surface area contributed by atoms with E-state index >= 15 is 0 Å². The fraction of sp³-hybridized carbons (Fsp3) is 0.217. The lowest BCUT2D eigenvalue weighted by molar-refractivity contribution is -0.181. The lowest BCUT2D eigenvalue weighted by atomic mass is 10.0. The van der Waals surface area contributed by atoms with E-state index < -0.39 is 42.2 Å². The Morgan fingerprint density at radius 1 is 0.970 bits per heavy atom. The molecule has 3 aromatic rings. The Hall–Kier alpha value is -4.02. The molecule has 1 aliphatic heterocycles. The first kappa shape index (κ1) is 22.2. The quantitative estimate of drug-likeness (QED) is 0.474. The Kier molecular flexibility index (Phi) is 6.77. The molecule has 4 rings (SSSR count). The van der Waals surface area contributed by atoms with Gasteiger partial charge in [0.2, 0.25) is 0 Å². The highest BCUT2D eigenvalue weighted by molar-refractivity contribution is 5.90. The number of nitrogens with one attached hydrogen (secondary N) is 2. The SMILES string of the molecule is O=C(O[C@@H]1[C@H](O)[C@H](OC(=O)c2ccccc2)CO[C@H]1Nc1ccnc(=O)[nH]1)c1ccccc1. The number of ether oxygens (including phenoxy) is 3. The summed E-state index contributed by atoms with van der Waals surface area (Å²) in [7, 11) is 0. The topological polar surface area (TPSA) is 140 Å². The number of hydrogen-bond acceptors (Lipinski definition) is 9. The number of nitrogens with zero attached hydrogens (tertiary/aromatic N) is 1. The van der Waals surface area contributed by atoms with Crippen molar-refractivity contribution in [2.45, 2.75) is 24.5 Å². The Balaban J connectivity index is 1.54. The number of rotatable bonds is 6. The van der Waals surface area contributed by atoms with Gasteiger partial charge in [0.15, 0.2) is 18.4 Å². The van der Waals surface area contributed by atoms with Crippen LogP contribution in [0.1, 0.15) is 20.7 Å². The Bertz CT molecular complexity index is 1150. The summed E-state index contributed by atoms with van der Waals surface area (Å²) in [5.74, 6) is -1.11. The second-order valence-corrected chi connectivity index (χ2v) is 7.22. The summed E-state index contributed by atoms with van der Waals surface area (Å²) in [6, 6.07) is 18.0. The number of carbonyl (C=O) groups is 2. The molecule has 2 heterocycles. The van der Waals surface area contributed by atoms with Gasteiger partial charge in [0.25, 0.3) is 0 Å². The second kappa shape index (κ2) is 10.1. The molecular weight excluding hydrogens is 430 g/mol. The fourth-order valence-electron chi connectivity index (χ4n) is 3.29.